The molecule has 0 aliphatic heterocycles. The molecular formula is C17H15BrNO4-. The summed E-state index contributed by atoms with van der Waals surface area (Å²) in [7, 11) is 0. The number of aliphatic carboxylic acids is 1. The van der Waals surface area contributed by atoms with Gasteiger partial charge in [-0.15, -0.1) is 0 Å². The van der Waals surface area contributed by atoms with Crippen LogP contribution in [0.5, 0.6) is 5.75 Å². The number of benzene rings is 2. The van der Waals surface area contributed by atoms with E-state index in [4.69, 9.17) is 4.74 Å². The van der Waals surface area contributed by atoms with Crippen LogP contribution in [0.25, 0.3) is 0 Å². The summed E-state index contributed by atoms with van der Waals surface area (Å²) < 4.78 is 6.20. The quantitative estimate of drug-likeness (QED) is 0.789. The average molecular weight is 377 g/mol. The fourth-order valence-electron chi connectivity index (χ4n) is 1.96. The van der Waals surface area contributed by atoms with E-state index in [1.165, 1.54) is 0 Å². The van der Waals surface area contributed by atoms with Crippen LogP contribution in [-0.2, 0) is 16.0 Å². The number of halogens is 1. The standard InChI is InChI=1S/C17H16BrNO4/c18-13-6-8-14(9-7-13)23-11-16(20)19-15(17(21)22)10-12-4-2-1-3-5-12/h1-9,15H,10-11H2,(H,19,20)(H,21,22)/p-1/t15-/m1/s1. The van der Waals surface area contributed by atoms with Gasteiger partial charge in [0.05, 0.1) is 12.0 Å². The van der Waals surface area contributed by atoms with Crippen molar-refractivity contribution in [3.63, 3.8) is 0 Å². The van der Waals surface area contributed by atoms with Crippen molar-refractivity contribution in [3.8, 4) is 5.75 Å². The Morgan fingerprint density at radius 2 is 1.74 bits per heavy atom. The van der Waals surface area contributed by atoms with Gasteiger partial charge in [-0.1, -0.05) is 46.3 Å². The minimum Gasteiger partial charge on any atom is -0.548 e. The maximum absolute atomic E-state index is 11.9. The number of carbonyl (C=O) groups excluding carboxylic acids is 2. The summed E-state index contributed by atoms with van der Waals surface area (Å²) in [4.78, 5) is 23.0. The molecular weight excluding hydrogens is 362 g/mol. The molecule has 5 nitrogen and oxygen atoms in total. The highest BCUT2D eigenvalue weighted by Crippen LogP contribution is 2.15. The van der Waals surface area contributed by atoms with Gasteiger partial charge in [-0.05, 0) is 36.2 Å². The lowest BCUT2D eigenvalue weighted by Gasteiger charge is -2.20. The van der Waals surface area contributed by atoms with Crippen molar-refractivity contribution >= 4 is 27.8 Å². The van der Waals surface area contributed by atoms with Gasteiger partial charge in [-0.2, -0.15) is 0 Å². The summed E-state index contributed by atoms with van der Waals surface area (Å²) in [5.41, 5.74) is 0.802. The number of nitrogens with one attached hydrogen (secondary N) is 1. The first-order valence-corrected chi connectivity index (χ1v) is 7.76. The van der Waals surface area contributed by atoms with Crippen LogP contribution in [-0.4, -0.2) is 24.5 Å². The predicted octanol–water partition coefficient (Wildman–Crippen LogP) is 1.31. The van der Waals surface area contributed by atoms with E-state index in [2.05, 4.69) is 21.2 Å². The molecule has 2 rings (SSSR count). The summed E-state index contributed by atoms with van der Waals surface area (Å²) in [6.45, 7) is -0.264. The molecule has 23 heavy (non-hydrogen) atoms. The Morgan fingerprint density at radius 1 is 1.09 bits per heavy atom. The van der Waals surface area contributed by atoms with Gasteiger partial charge < -0.3 is 20.0 Å². The van der Waals surface area contributed by atoms with E-state index in [1.807, 2.05) is 6.07 Å². The zero-order chi connectivity index (χ0) is 16.7. The molecule has 0 unspecified atom stereocenters. The Kier molecular flexibility index (Phi) is 6.17. The third-order valence-electron chi connectivity index (χ3n) is 3.09. The van der Waals surface area contributed by atoms with Gasteiger partial charge in [0.1, 0.15) is 5.75 Å². The fourth-order valence-corrected chi connectivity index (χ4v) is 2.22. The zero-order valence-electron chi connectivity index (χ0n) is 12.2. The van der Waals surface area contributed by atoms with Gasteiger partial charge >= 0.3 is 0 Å². The van der Waals surface area contributed by atoms with Crippen LogP contribution in [0.1, 0.15) is 5.56 Å². The molecule has 2 aromatic carbocycles. The van der Waals surface area contributed by atoms with Crippen LogP contribution >= 0.6 is 15.9 Å². The number of hydrogen-bond acceptors (Lipinski definition) is 4. The number of carboxylic acid groups (broad SMARTS) is 1. The molecule has 2 aromatic rings. The van der Waals surface area contributed by atoms with Crippen molar-refractivity contribution in [3.05, 3.63) is 64.6 Å². The van der Waals surface area contributed by atoms with Crippen molar-refractivity contribution in [2.45, 2.75) is 12.5 Å². The summed E-state index contributed by atoms with van der Waals surface area (Å²) in [6, 6.07) is 14.9. The highest BCUT2D eigenvalue weighted by molar-refractivity contribution is 9.10. The molecule has 1 amide bonds. The van der Waals surface area contributed by atoms with Crippen molar-refractivity contribution in [2.24, 2.45) is 0 Å². The minimum absolute atomic E-state index is 0.160. The van der Waals surface area contributed by atoms with Crippen molar-refractivity contribution in [2.75, 3.05) is 6.61 Å². The lowest BCUT2D eigenvalue weighted by Crippen LogP contribution is -2.50. The smallest absolute Gasteiger partial charge is 0.258 e. The normalized spacial score (nSPS) is 11.5. The van der Waals surface area contributed by atoms with Crippen LogP contribution in [0.3, 0.4) is 0 Å². The van der Waals surface area contributed by atoms with Gasteiger partial charge in [0.25, 0.3) is 5.91 Å². The highest BCUT2D eigenvalue weighted by Gasteiger charge is 2.14. The minimum atomic E-state index is -1.33. The van der Waals surface area contributed by atoms with Crippen molar-refractivity contribution < 1.29 is 19.4 Å². The molecule has 0 spiro atoms. The van der Waals surface area contributed by atoms with Crippen molar-refractivity contribution in [1.82, 2.24) is 5.32 Å². The largest absolute Gasteiger partial charge is 0.548 e. The molecule has 0 heterocycles. The Morgan fingerprint density at radius 3 is 2.35 bits per heavy atom. The van der Waals surface area contributed by atoms with E-state index < -0.39 is 17.9 Å². The number of rotatable bonds is 7. The van der Waals surface area contributed by atoms with Crippen LogP contribution in [0.2, 0.25) is 0 Å². The maximum atomic E-state index is 11.9. The third-order valence-corrected chi connectivity index (χ3v) is 3.61. The third kappa shape index (κ3) is 5.75. The highest BCUT2D eigenvalue weighted by atomic mass is 79.9. The first-order chi connectivity index (χ1) is 11.0. The predicted molar refractivity (Wildman–Crippen MR) is 86.7 cm³/mol. The van der Waals surface area contributed by atoms with E-state index >= 15 is 0 Å². The molecule has 0 saturated heterocycles. The second-order valence-electron chi connectivity index (χ2n) is 4.87. The lowest BCUT2D eigenvalue weighted by atomic mass is 10.1. The number of hydrogen-bond donors (Lipinski definition) is 1. The molecule has 0 bridgehead atoms. The molecule has 0 fully saturated rings. The Balaban J connectivity index is 1.88. The molecule has 1 N–H and O–H groups in total. The molecule has 0 aliphatic carbocycles. The van der Waals surface area contributed by atoms with Crippen LogP contribution < -0.4 is 15.2 Å². The molecule has 0 radical (unpaired) electrons. The van der Waals surface area contributed by atoms with Gasteiger partial charge in [0, 0.05) is 4.47 Å². The van der Waals surface area contributed by atoms with Gasteiger partial charge in [-0.25, -0.2) is 0 Å². The van der Waals surface area contributed by atoms with Crippen LogP contribution in [0.15, 0.2) is 59.1 Å². The molecule has 1 atom stereocenters. The molecule has 0 saturated carbocycles. The van der Waals surface area contributed by atoms with Crippen LogP contribution in [0, 0.1) is 0 Å². The van der Waals surface area contributed by atoms with E-state index in [9.17, 15) is 14.7 Å². The number of carbonyl (C=O) groups is 2. The summed E-state index contributed by atoms with van der Waals surface area (Å²) in [5.74, 6) is -1.32. The van der Waals surface area contributed by atoms with Crippen LogP contribution in [0.4, 0.5) is 0 Å². The van der Waals surface area contributed by atoms with Gasteiger partial charge in [0.15, 0.2) is 6.61 Å². The summed E-state index contributed by atoms with van der Waals surface area (Å²) >= 11 is 3.30. The fraction of sp³-hybridized carbons (Fsp3) is 0.176. The number of amides is 1. The topological polar surface area (TPSA) is 78.5 Å². The molecule has 6 heteroatoms. The summed E-state index contributed by atoms with van der Waals surface area (Å²) in [6.07, 6.45) is 0.160. The van der Waals surface area contributed by atoms with E-state index in [-0.39, 0.29) is 13.0 Å². The van der Waals surface area contributed by atoms with E-state index in [1.54, 1.807) is 48.5 Å². The average Bonchev–Trinajstić information content (AvgIpc) is 2.54. The molecule has 0 aliphatic rings. The Labute approximate surface area is 142 Å². The van der Waals surface area contributed by atoms with Crippen molar-refractivity contribution in [1.29, 1.82) is 0 Å². The number of ether oxygens (including phenoxy) is 1. The summed E-state index contributed by atoms with van der Waals surface area (Å²) in [5, 5.41) is 13.6. The Hall–Kier alpha value is -2.34. The monoisotopic (exact) mass is 376 g/mol. The lowest BCUT2D eigenvalue weighted by molar-refractivity contribution is -0.308. The first-order valence-electron chi connectivity index (χ1n) is 6.97. The maximum Gasteiger partial charge on any atom is 0.258 e. The van der Waals surface area contributed by atoms with E-state index in [0.29, 0.717) is 5.75 Å². The number of carboxylic acids is 1. The SMILES string of the molecule is O=C(COc1ccc(Br)cc1)N[C@H](Cc1ccccc1)C(=O)[O-]. The second kappa shape index (κ2) is 8.33. The second-order valence-corrected chi connectivity index (χ2v) is 5.79. The Bertz CT molecular complexity index is 658. The zero-order valence-corrected chi connectivity index (χ0v) is 13.8. The molecule has 0 aromatic heterocycles. The molecule has 120 valence electrons. The van der Waals surface area contributed by atoms with Gasteiger partial charge in [0.2, 0.25) is 0 Å². The van der Waals surface area contributed by atoms with E-state index in [0.717, 1.165) is 10.0 Å². The first kappa shape index (κ1) is 17.0. The van der Waals surface area contributed by atoms with Gasteiger partial charge in [-0.3, -0.25) is 4.79 Å².